The third kappa shape index (κ3) is 4.50. The van der Waals surface area contributed by atoms with Crippen molar-refractivity contribution in [2.75, 3.05) is 13.1 Å². The molecule has 0 aliphatic carbocycles. The Bertz CT molecular complexity index is 1180. The summed E-state index contributed by atoms with van der Waals surface area (Å²) in [5.74, 6) is -0.637. The van der Waals surface area contributed by atoms with Gasteiger partial charge in [-0.1, -0.05) is 12.1 Å². The van der Waals surface area contributed by atoms with Gasteiger partial charge in [-0.15, -0.1) is 0 Å². The number of piperidine rings is 1. The number of nitrogens with zero attached hydrogens (tertiary/aromatic N) is 2. The van der Waals surface area contributed by atoms with E-state index in [1.54, 1.807) is 24.3 Å². The first-order valence-corrected chi connectivity index (χ1v) is 11.9. The van der Waals surface area contributed by atoms with Gasteiger partial charge >= 0.3 is 0 Å². The van der Waals surface area contributed by atoms with Gasteiger partial charge in [0.15, 0.2) is 0 Å². The molecule has 1 saturated heterocycles. The Morgan fingerprint density at radius 3 is 2.48 bits per heavy atom. The summed E-state index contributed by atoms with van der Waals surface area (Å²) in [4.78, 5) is 12.8. The van der Waals surface area contributed by atoms with Crippen molar-refractivity contribution in [3.05, 3.63) is 66.1 Å². The summed E-state index contributed by atoms with van der Waals surface area (Å²) in [6.07, 6.45) is 2.91. The van der Waals surface area contributed by atoms with E-state index in [1.807, 2.05) is 25.3 Å². The molecule has 0 spiro atoms. The molecule has 2 heterocycles. The van der Waals surface area contributed by atoms with Gasteiger partial charge in [-0.2, -0.15) is 4.31 Å². The van der Waals surface area contributed by atoms with Gasteiger partial charge in [0, 0.05) is 49.2 Å². The summed E-state index contributed by atoms with van der Waals surface area (Å²) in [7, 11) is -3.60. The minimum absolute atomic E-state index is 0.0938. The van der Waals surface area contributed by atoms with E-state index in [1.165, 1.54) is 16.4 Å². The van der Waals surface area contributed by atoms with Gasteiger partial charge in [0.2, 0.25) is 15.9 Å². The molecular formula is C23H26FN3O3S. The van der Waals surface area contributed by atoms with Crippen LogP contribution in [-0.2, 0) is 27.9 Å². The van der Waals surface area contributed by atoms with E-state index in [0.717, 1.165) is 23.0 Å². The molecule has 1 amide bonds. The highest BCUT2D eigenvalue weighted by Crippen LogP contribution is 2.27. The summed E-state index contributed by atoms with van der Waals surface area (Å²) < 4.78 is 42.7. The van der Waals surface area contributed by atoms with Gasteiger partial charge in [0.25, 0.3) is 0 Å². The largest absolute Gasteiger partial charge is 0.352 e. The van der Waals surface area contributed by atoms with Gasteiger partial charge in [0.1, 0.15) is 5.82 Å². The normalized spacial score (nSPS) is 15.9. The first kappa shape index (κ1) is 21.5. The Morgan fingerprint density at radius 2 is 1.81 bits per heavy atom. The highest BCUT2D eigenvalue weighted by atomic mass is 32.2. The topological polar surface area (TPSA) is 71.4 Å². The lowest BCUT2D eigenvalue weighted by Crippen LogP contribution is -2.42. The molecule has 31 heavy (non-hydrogen) atoms. The molecule has 1 aliphatic rings. The van der Waals surface area contributed by atoms with E-state index in [0.29, 0.717) is 32.5 Å². The molecule has 6 nitrogen and oxygen atoms in total. The summed E-state index contributed by atoms with van der Waals surface area (Å²) in [5.41, 5.74) is 1.83. The predicted molar refractivity (Wildman–Crippen MR) is 117 cm³/mol. The lowest BCUT2D eigenvalue weighted by Gasteiger charge is -2.30. The average Bonchev–Trinajstić information content (AvgIpc) is 3.21. The Balaban J connectivity index is 1.37. The van der Waals surface area contributed by atoms with Gasteiger partial charge in [-0.25, -0.2) is 12.8 Å². The van der Waals surface area contributed by atoms with E-state index < -0.39 is 10.0 Å². The highest BCUT2D eigenvalue weighted by Gasteiger charge is 2.32. The second-order valence-electron chi connectivity index (χ2n) is 7.85. The molecule has 8 heteroatoms. The maximum absolute atomic E-state index is 13.1. The number of rotatable bonds is 6. The molecule has 3 aromatic rings. The number of fused-ring (bicyclic) bond motifs is 1. The van der Waals surface area contributed by atoms with Gasteiger partial charge in [-0.05, 0) is 61.7 Å². The van der Waals surface area contributed by atoms with Crippen LogP contribution >= 0.6 is 0 Å². The summed E-state index contributed by atoms with van der Waals surface area (Å²) in [5, 5.41) is 3.77. The van der Waals surface area contributed by atoms with Crippen molar-refractivity contribution in [3.63, 3.8) is 0 Å². The van der Waals surface area contributed by atoms with Crippen LogP contribution in [0.25, 0.3) is 10.9 Å². The number of hydrogen-bond donors (Lipinski definition) is 1. The minimum Gasteiger partial charge on any atom is -0.352 e. The lowest BCUT2D eigenvalue weighted by molar-refractivity contribution is -0.126. The van der Waals surface area contributed by atoms with Crippen molar-refractivity contribution in [2.45, 2.75) is 37.8 Å². The van der Waals surface area contributed by atoms with E-state index in [9.17, 15) is 17.6 Å². The zero-order valence-corrected chi connectivity index (χ0v) is 18.2. The fourth-order valence-electron chi connectivity index (χ4n) is 4.06. The van der Waals surface area contributed by atoms with Crippen LogP contribution in [0.2, 0.25) is 0 Å². The molecule has 1 aromatic heterocycles. The van der Waals surface area contributed by atoms with Crippen LogP contribution in [0.1, 0.15) is 25.3 Å². The Hall–Kier alpha value is -2.71. The van der Waals surface area contributed by atoms with Crippen molar-refractivity contribution in [1.82, 2.24) is 14.2 Å². The van der Waals surface area contributed by atoms with Gasteiger partial charge in [0.05, 0.1) is 4.90 Å². The number of aromatic nitrogens is 1. The second-order valence-corrected chi connectivity index (χ2v) is 9.78. The smallest absolute Gasteiger partial charge is 0.243 e. The number of halogens is 1. The van der Waals surface area contributed by atoms with Crippen LogP contribution < -0.4 is 5.32 Å². The van der Waals surface area contributed by atoms with E-state index in [4.69, 9.17) is 0 Å². The van der Waals surface area contributed by atoms with Crippen molar-refractivity contribution in [3.8, 4) is 0 Å². The molecule has 164 valence electrons. The fourth-order valence-corrected chi connectivity index (χ4v) is 5.56. The number of amides is 1. The number of carbonyl (C=O) groups excluding carboxylic acids is 1. The maximum Gasteiger partial charge on any atom is 0.243 e. The van der Waals surface area contributed by atoms with Crippen molar-refractivity contribution in [1.29, 1.82) is 0 Å². The molecule has 0 radical (unpaired) electrons. The molecule has 1 aliphatic heterocycles. The van der Waals surface area contributed by atoms with E-state index >= 15 is 0 Å². The second kappa shape index (κ2) is 8.80. The summed E-state index contributed by atoms with van der Waals surface area (Å²) in [6, 6.07) is 13.1. The molecule has 0 unspecified atom stereocenters. The van der Waals surface area contributed by atoms with Gasteiger partial charge < -0.3 is 9.88 Å². The predicted octanol–water partition coefficient (Wildman–Crippen LogP) is 3.52. The van der Waals surface area contributed by atoms with Crippen LogP contribution in [0, 0.1) is 11.7 Å². The molecular weight excluding hydrogens is 417 g/mol. The zero-order valence-electron chi connectivity index (χ0n) is 17.4. The monoisotopic (exact) mass is 443 g/mol. The standard InChI is InChI=1S/C23H26FN3O3S/c1-2-26-12-9-19-15-21(7-8-22(19)26)31(29,30)27-13-10-18(11-14-27)23(28)25-16-17-3-5-20(24)6-4-17/h3-9,12,15,18H,2,10-11,13-14,16H2,1H3,(H,25,28). The molecule has 0 saturated carbocycles. The maximum atomic E-state index is 13.1. The zero-order chi connectivity index (χ0) is 22.0. The molecule has 1 N–H and O–H groups in total. The number of carbonyl (C=O) groups is 1. The Labute approximate surface area is 181 Å². The van der Waals surface area contributed by atoms with Crippen molar-refractivity contribution < 1.29 is 17.6 Å². The summed E-state index contributed by atoms with van der Waals surface area (Å²) in [6.45, 7) is 3.82. The van der Waals surface area contributed by atoms with Crippen LogP contribution in [0.3, 0.4) is 0 Å². The third-order valence-electron chi connectivity index (χ3n) is 5.93. The van der Waals surface area contributed by atoms with Crippen LogP contribution in [0.5, 0.6) is 0 Å². The minimum atomic E-state index is -3.60. The quantitative estimate of drug-likeness (QED) is 0.634. The third-order valence-corrected chi connectivity index (χ3v) is 7.82. The fraction of sp³-hybridized carbons (Fsp3) is 0.348. The molecule has 1 fully saturated rings. The molecule has 0 atom stereocenters. The van der Waals surface area contributed by atoms with Crippen molar-refractivity contribution >= 4 is 26.8 Å². The van der Waals surface area contributed by atoms with Crippen LogP contribution in [-0.4, -0.2) is 36.3 Å². The Morgan fingerprint density at radius 1 is 1.10 bits per heavy atom. The number of benzene rings is 2. The molecule has 2 aromatic carbocycles. The first-order chi connectivity index (χ1) is 14.9. The van der Waals surface area contributed by atoms with Gasteiger partial charge in [-0.3, -0.25) is 4.79 Å². The van der Waals surface area contributed by atoms with Crippen LogP contribution in [0.4, 0.5) is 4.39 Å². The average molecular weight is 444 g/mol. The highest BCUT2D eigenvalue weighted by molar-refractivity contribution is 7.89. The Kier molecular flexibility index (Phi) is 6.11. The number of sulfonamides is 1. The SMILES string of the molecule is CCn1ccc2cc(S(=O)(=O)N3CCC(C(=O)NCc4ccc(F)cc4)CC3)ccc21. The van der Waals surface area contributed by atoms with E-state index in [2.05, 4.69) is 9.88 Å². The molecule has 0 bridgehead atoms. The van der Waals surface area contributed by atoms with Crippen molar-refractivity contribution in [2.24, 2.45) is 5.92 Å². The number of aryl methyl sites for hydroxylation is 1. The van der Waals surface area contributed by atoms with Crippen LogP contribution in [0.15, 0.2) is 59.6 Å². The number of hydrogen-bond acceptors (Lipinski definition) is 3. The number of nitrogens with one attached hydrogen (secondary N) is 1. The molecule has 4 rings (SSSR count). The summed E-state index contributed by atoms with van der Waals surface area (Å²) >= 11 is 0. The lowest BCUT2D eigenvalue weighted by atomic mass is 9.97. The van der Waals surface area contributed by atoms with E-state index in [-0.39, 0.29) is 22.5 Å². The first-order valence-electron chi connectivity index (χ1n) is 10.5.